The van der Waals surface area contributed by atoms with Crippen LogP contribution in [0.3, 0.4) is 0 Å². The molecular formula is C11H22N4OS. The molecule has 0 saturated heterocycles. The first-order valence-electron chi connectivity index (χ1n) is 5.90. The Hall–Kier alpha value is -0.590. The molecule has 0 aromatic carbocycles. The summed E-state index contributed by atoms with van der Waals surface area (Å²) in [6.45, 7) is 8.34. The van der Waals surface area contributed by atoms with Gasteiger partial charge in [0.1, 0.15) is 5.82 Å². The normalized spacial score (nSPS) is 15.2. The smallest absolute Gasteiger partial charge is 0.191 e. The van der Waals surface area contributed by atoms with Gasteiger partial charge in [0, 0.05) is 11.8 Å². The minimum absolute atomic E-state index is 0.276. The maximum Gasteiger partial charge on any atom is 0.191 e. The standard InChI is InChI=1S/C11H22N4OS/c1-5-11(4,16)7-17-10-14-13-9(6-12)15(10)8(2)3/h8,16H,5-7,12H2,1-4H3. The largest absolute Gasteiger partial charge is 0.389 e. The van der Waals surface area contributed by atoms with E-state index in [1.807, 2.05) is 18.4 Å². The van der Waals surface area contributed by atoms with Crippen molar-refractivity contribution in [3.05, 3.63) is 5.82 Å². The lowest BCUT2D eigenvalue weighted by Gasteiger charge is -2.21. The van der Waals surface area contributed by atoms with Gasteiger partial charge in [-0.2, -0.15) is 0 Å². The SMILES string of the molecule is CCC(C)(O)CSc1nnc(CN)n1C(C)C. The van der Waals surface area contributed by atoms with Crippen molar-refractivity contribution in [2.75, 3.05) is 5.75 Å². The van der Waals surface area contributed by atoms with E-state index in [2.05, 4.69) is 24.0 Å². The molecule has 0 radical (unpaired) electrons. The van der Waals surface area contributed by atoms with Gasteiger partial charge >= 0.3 is 0 Å². The highest BCUT2D eigenvalue weighted by molar-refractivity contribution is 7.99. The summed E-state index contributed by atoms with van der Waals surface area (Å²) in [5.41, 5.74) is 4.96. The van der Waals surface area contributed by atoms with Crippen LogP contribution in [0.1, 0.15) is 46.0 Å². The lowest BCUT2D eigenvalue weighted by molar-refractivity contribution is 0.0815. The number of hydrogen-bond acceptors (Lipinski definition) is 5. The quantitative estimate of drug-likeness (QED) is 0.757. The molecule has 1 rings (SSSR count). The van der Waals surface area contributed by atoms with E-state index in [1.54, 1.807) is 0 Å². The van der Waals surface area contributed by atoms with Crippen LogP contribution in [0.15, 0.2) is 5.16 Å². The van der Waals surface area contributed by atoms with E-state index in [0.29, 0.717) is 12.3 Å². The van der Waals surface area contributed by atoms with Crippen LogP contribution < -0.4 is 5.73 Å². The third-order valence-corrected chi connectivity index (χ3v) is 4.01. The minimum Gasteiger partial charge on any atom is -0.389 e. The summed E-state index contributed by atoms with van der Waals surface area (Å²) in [5, 5.41) is 19.0. The zero-order valence-electron chi connectivity index (χ0n) is 11.0. The minimum atomic E-state index is -0.665. The Morgan fingerprint density at radius 2 is 2.12 bits per heavy atom. The summed E-state index contributed by atoms with van der Waals surface area (Å²) in [7, 11) is 0. The number of nitrogens with two attached hydrogens (primary N) is 1. The van der Waals surface area contributed by atoms with Crippen LogP contribution in [0.25, 0.3) is 0 Å². The van der Waals surface area contributed by atoms with Crippen molar-refractivity contribution in [3.63, 3.8) is 0 Å². The molecule has 1 aromatic heterocycles. The number of thioether (sulfide) groups is 1. The van der Waals surface area contributed by atoms with E-state index in [0.717, 1.165) is 17.4 Å². The van der Waals surface area contributed by atoms with Gasteiger partial charge in [0.15, 0.2) is 5.16 Å². The first kappa shape index (κ1) is 14.5. The van der Waals surface area contributed by atoms with Crippen molar-refractivity contribution in [2.45, 2.75) is 57.5 Å². The fraction of sp³-hybridized carbons (Fsp3) is 0.818. The molecule has 0 aliphatic rings. The van der Waals surface area contributed by atoms with E-state index >= 15 is 0 Å². The average molecular weight is 258 g/mol. The average Bonchev–Trinajstić information content (AvgIpc) is 2.69. The maximum absolute atomic E-state index is 9.98. The van der Waals surface area contributed by atoms with Gasteiger partial charge in [-0.25, -0.2) is 0 Å². The fourth-order valence-corrected chi connectivity index (χ4v) is 2.58. The van der Waals surface area contributed by atoms with Crippen molar-refractivity contribution in [2.24, 2.45) is 5.73 Å². The number of aromatic nitrogens is 3. The highest BCUT2D eigenvalue weighted by Gasteiger charge is 2.21. The van der Waals surface area contributed by atoms with Crippen LogP contribution in [0, 0.1) is 0 Å². The lowest BCUT2D eigenvalue weighted by Crippen LogP contribution is -2.26. The van der Waals surface area contributed by atoms with E-state index in [9.17, 15) is 5.11 Å². The van der Waals surface area contributed by atoms with E-state index in [-0.39, 0.29) is 6.04 Å². The van der Waals surface area contributed by atoms with Gasteiger partial charge in [-0.1, -0.05) is 18.7 Å². The van der Waals surface area contributed by atoms with Crippen molar-refractivity contribution in [1.29, 1.82) is 0 Å². The van der Waals surface area contributed by atoms with E-state index < -0.39 is 5.60 Å². The Bertz CT molecular complexity index is 362. The number of hydrogen-bond donors (Lipinski definition) is 2. The monoisotopic (exact) mass is 258 g/mol. The van der Waals surface area contributed by atoms with Gasteiger partial charge in [0.25, 0.3) is 0 Å². The van der Waals surface area contributed by atoms with Gasteiger partial charge in [0.05, 0.1) is 12.1 Å². The van der Waals surface area contributed by atoms with Crippen LogP contribution in [0.5, 0.6) is 0 Å². The number of rotatable bonds is 6. The van der Waals surface area contributed by atoms with Gasteiger partial charge in [0.2, 0.25) is 0 Å². The molecule has 98 valence electrons. The van der Waals surface area contributed by atoms with Crippen molar-refractivity contribution >= 4 is 11.8 Å². The van der Waals surface area contributed by atoms with Gasteiger partial charge < -0.3 is 15.4 Å². The summed E-state index contributed by atoms with van der Waals surface area (Å²) in [4.78, 5) is 0. The number of nitrogens with zero attached hydrogens (tertiary/aromatic N) is 3. The molecule has 0 spiro atoms. The Balaban J connectivity index is 2.81. The van der Waals surface area contributed by atoms with Crippen molar-refractivity contribution < 1.29 is 5.11 Å². The highest BCUT2D eigenvalue weighted by atomic mass is 32.2. The molecule has 1 atom stereocenters. The molecule has 0 saturated carbocycles. The van der Waals surface area contributed by atoms with Crippen LogP contribution in [-0.2, 0) is 6.54 Å². The predicted octanol–water partition coefficient (Wildman–Crippen LogP) is 1.57. The molecule has 5 nitrogen and oxygen atoms in total. The summed E-state index contributed by atoms with van der Waals surface area (Å²) in [6.07, 6.45) is 0.722. The molecular weight excluding hydrogens is 236 g/mol. The van der Waals surface area contributed by atoms with Crippen molar-refractivity contribution in [3.8, 4) is 0 Å². The molecule has 1 unspecified atom stereocenters. The Morgan fingerprint density at radius 1 is 1.47 bits per heavy atom. The van der Waals surface area contributed by atoms with Crippen LogP contribution in [0.2, 0.25) is 0 Å². The zero-order chi connectivity index (χ0) is 13.1. The summed E-state index contributed by atoms with van der Waals surface area (Å²) < 4.78 is 2.02. The third-order valence-electron chi connectivity index (χ3n) is 2.71. The fourth-order valence-electron chi connectivity index (χ4n) is 1.39. The van der Waals surface area contributed by atoms with Gasteiger partial charge in [-0.3, -0.25) is 0 Å². The number of aliphatic hydroxyl groups is 1. The molecule has 0 bridgehead atoms. The molecule has 1 heterocycles. The molecule has 17 heavy (non-hydrogen) atoms. The summed E-state index contributed by atoms with van der Waals surface area (Å²) in [6, 6.07) is 0.276. The molecule has 0 fully saturated rings. The van der Waals surface area contributed by atoms with Crippen molar-refractivity contribution in [1.82, 2.24) is 14.8 Å². The van der Waals surface area contributed by atoms with Crippen LogP contribution in [-0.4, -0.2) is 31.2 Å². The lowest BCUT2D eigenvalue weighted by atomic mass is 10.1. The second-order valence-electron chi connectivity index (χ2n) is 4.71. The predicted molar refractivity (Wildman–Crippen MR) is 69.9 cm³/mol. The van der Waals surface area contributed by atoms with E-state index in [1.165, 1.54) is 11.8 Å². The van der Waals surface area contributed by atoms with Gasteiger partial charge in [-0.15, -0.1) is 10.2 Å². The summed E-state index contributed by atoms with van der Waals surface area (Å²) >= 11 is 1.53. The molecule has 3 N–H and O–H groups in total. The first-order valence-corrected chi connectivity index (χ1v) is 6.89. The highest BCUT2D eigenvalue weighted by Crippen LogP contribution is 2.25. The molecule has 0 amide bonds. The third kappa shape index (κ3) is 3.69. The van der Waals surface area contributed by atoms with Crippen LogP contribution >= 0.6 is 11.8 Å². The molecule has 0 aliphatic carbocycles. The molecule has 1 aromatic rings. The second-order valence-corrected chi connectivity index (χ2v) is 5.65. The van der Waals surface area contributed by atoms with E-state index in [4.69, 9.17) is 5.73 Å². The first-order chi connectivity index (χ1) is 7.91. The topological polar surface area (TPSA) is 77.0 Å². The molecule has 0 aliphatic heterocycles. The second kappa shape index (κ2) is 5.84. The Kier molecular flexibility index (Phi) is 4.97. The Morgan fingerprint density at radius 3 is 2.59 bits per heavy atom. The van der Waals surface area contributed by atoms with Gasteiger partial charge in [-0.05, 0) is 27.2 Å². The summed E-state index contributed by atoms with van der Waals surface area (Å²) in [5.74, 6) is 1.40. The zero-order valence-corrected chi connectivity index (χ0v) is 11.8. The molecule has 6 heteroatoms. The Labute approximate surface area is 107 Å². The van der Waals surface area contributed by atoms with Crippen LogP contribution in [0.4, 0.5) is 0 Å². The maximum atomic E-state index is 9.98.